The number of hydrogen-bond donors (Lipinski definition) is 0. The van der Waals surface area contributed by atoms with Gasteiger partial charge in [-0.1, -0.05) is 58.0 Å². The normalized spacial score (nSPS) is 27.1. The predicted molar refractivity (Wildman–Crippen MR) is 67.5 cm³/mol. The zero-order chi connectivity index (χ0) is 11.8. The molecule has 1 aliphatic carbocycles. The molecule has 0 radical (unpaired) electrons. The molecular weight excluding hydrogens is 196 g/mol. The summed E-state index contributed by atoms with van der Waals surface area (Å²) < 4.78 is 6.00. The van der Waals surface area contributed by atoms with E-state index in [9.17, 15) is 0 Å². The zero-order valence-electron chi connectivity index (χ0n) is 10.7. The third-order valence-corrected chi connectivity index (χ3v) is 3.50. The van der Waals surface area contributed by atoms with Crippen LogP contribution in [0.25, 0.3) is 0 Å². The minimum Gasteiger partial charge on any atom is -0.377 e. The molecule has 0 heterocycles. The average Bonchev–Trinajstić information content (AvgIpc) is 2.79. The van der Waals surface area contributed by atoms with Gasteiger partial charge in [0.2, 0.25) is 0 Å². The van der Waals surface area contributed by atoms with Crippen molar-refractivity contribution in [3.63, 3.8) is 0 Å². The highest BCUT2D eigenvalue weighted by Crippen LogP contribution is 2.60. The van der Waals surface area contributed by atoms with Crippen molar-refractivity contribution in [3.05, 3.63) is 35.9 Å². The maximum absolute atomic E-state index is 6.00. The minimum absolute atomic E-state index is 0.302. The van der Waals surface area contributed by atoms with E-state index in [4.69, 9.17) is 4.74 Å². The molecule has 88 valence electrons. The van der Waals surface area contributed by atoms with Crippen molar-refractivity contribution in [1.29, 1.82) is 0 Å². The molecule has 1 heteroatoms. The van der Waals surface area contributed by atoms with Crippen LogP contribution in [0.15, 0.2) is 30.3 Å². The molecule has 1 aromatic carbocycles. The Morgan fingerprint density at radius 1 is 1.19 bits per heavy atom. The molecule has 1 aromatic rings. The highest BCUT2D eigenvalue weighted by molar-refractivity contribution is 5.32. The maximum atomic E-state index is 6.00. The third-order valence-electron chi connectivity index (χ3n) is 3.50. The second-order valence-corrected chi connectivity index (χ2v) is 5.86. The van der Waals surface area contributed by atoms with Crippen molar-refractivity contribution in [2.24, 2.45) is 11.3 Å². The summed E-state index contributed by atoms with van der Waals surface area (Å²) in [6, 6.07) is 10.7. The van der Waals surface area contributed by atoms with Gasteiger partial charge in [-0.2, -0.15) is 0 Å². The lowest BCUT2D eigenvalue weighted by Gasteiger charge is -2.07. The Hall–Kier alpha value is -0.820. The van der Waals surface area contributed by atoms with Crippen LogP contribution in [0.1, 0.15) is 39.2 Å². The molecule has 1 aliphatic rings. The summed E-state index contributed by atoms with van der Waals surface area (Å²) in [6.07, 6.45) is 0.400. The predicted octanol–water partition coefficient (Wildman–Crippen LogP) is 3.85. The van der Waals surface area contributed by atoms with Gasteiger partial charge in [0, 0.05) is 17.9 Å². The van der Waals surface area contributed by atoms with Crippen LogP contribution < -0.4 is 0 Å². The molecular formula is C15H22O. The van der Waals surface area contributed by atoms with E-state index in [1.165, 1.54) is 5.56 Å². The van der Waals surface area contributed by atoms with Crippen LogP contribution in [0.4, 0.5) is 0 Å². The third kappa shape index (κ3) is 2.15. The molecule has 2 atom stereocenters. The Balaban J connectivity index is 2.02. The largest absolute Gasteiger partial charge is 0.377 e. The van der Waals surface area contributed by atoms with Crippen molar-refractivity contribution in [2.75, 3.05) is 6.61 Å². The van der Waals surface area contributed by atoms with Crippen LogP contribution in [-0.2, 0) is 4.74 Å². The number of benzene rings is 1. The Labute approximate surface area is 98.8 Å². The van der Waals surface area contributed by atoms with Crippen LogP contribution >= 0.6 is 0 Å². The lowest BCUT2D eigenvalue weighted by molar-refractivity contribution is 0.0739. The first-order valence-corrected chi connectivity index (χ1v) is 6.20. The van der Waals surface area contributed by atoms with Gasteiger partial charge in [-0.15, -0.1) is 0 Å². The van der Waals surface area contributed by atoms with Gasteiger partial charge in [-0.25, -0.2) is 0 Å². The molecule has 0 aromatic heterocycles. The molecule has 0 spiro atoms. The molecule has 1 saturated carbocycles. The molecule has 0 N–H and O–H groups in total. The van der Waals surface area contributed by atoms with E-state index >= 15 is 0 Å². The molecule has 2 rings (SSSR count). The fourth-order valence-corrected chi connectivity index (χ4v) is 2.46. The Kier molecular flexibility index (Phi) is 3.07. The average molecular weight is 218 g/mol. The first kappa shape index (κ1) is 11.7. The highest BCUT2D eigenvalue weighted by Gasteiger charge is 2.59. The lowest BCUT2D eigenvalue weighted by Crippen LogP contribution is -2.07. The molecule has 2 unspecified atom stereocenters. The first-order chi connectivity index (χ1) is 7.53. The molecule has 0 bridgehead atoms. The van der Waals surface area contributed by atoms with Crippen LogP contribution in [0.2, 0.25) is 0 Å². The summed E-state index contributed by atoms with van der Waals surface area (Å²) in [5.74, 6) is 1.19. The Morgan fingerprint density at radius 3 is 2.38 bits per heavy atom. The van der Waals surface area contributed by atoms with Crippen molar-refractivity contribution in [2.45, 2.75) is 39.7 Å². The van der Waals surface area contributed by atoms with Crippen molar-refractivity contribution >= 4 is 0 Å². The van der Waals surface area contributed by atoms with Crippen LogP contribution in [0, 0.1) is 11.3 Å². The standard InChI is InChI=1S/C15H22O/c1-11(2)10-16-14-13(15(14,3)4)12-8-6-5-7-9-12/h5-9,11,13-14H,10H2,1-4H3. The summed E-state index contributed by atoms with van der Waals surface area (Å²) in [5, 5.41) is 0. The van der Waals surface area contributed by atoms with Crippen molar-refractivity contribution in [1.82, 2.24) is 0 Å². The quantitative estimate of drug-likeness (QED) is 0.746. The SMILES string of the molecule is CC(C)COC1C(c2ccccc2)C1(C)C. The van der Waals surface area contributed by atoms with E-state index in [2.05, 4.69) is 58.0 Å². The summed E-state index contributed by atoms with van der Waals surface area (Å²) >= 11 is 0. The van der Waals surface area contributed by atoms with E-state index < -0.39 is 0 Å². The smallest absolute Gasteiger partial charge is 0.0707 e. The van der Waals surface area contributed by atoms with Gasteiger partial charge in [0.1, 0.15) is 0 Å². The van der Waals surface area contributed by atoms with Crippen molar-refractivity contribution in [3.8, 4) is 0 Å². The second-order valence-electron chi connectivity index (χ2n) is 5.86. The van der Waals surface area contributed by atoms with E-state index in [1.54, 1.807) is 0 Å². The lowest BCUT2D eigenvalue weighted by atomic mass is 10.0. The summed E-state index contributed by atoms with van der Waals surface area (Å²) in [6.45, 7) is 9.88. The fourth-order valence-electron chi connectivity index (χ4n) is 2.46. The molecule has 0 amide bonds. The van der Waals surface area contributed by atoms with Gasteiger partial charge in [0.05, 0.1) is 6.10 Å². The topological polar surface area (TPSA) is 9.23 Å². The molecule has 0 aliphatic heterocycles. The first-order valence-electron chi connectivity index (χ1n) is 6.20. The number of hydrogen-bond acceptors (Lipinski definition) is 1. The van der Waals surface area contributed by atoms with Gasteiger partial charge in [-0.3, -0.25) is 0 Å². The van der Waals surface area contributed by atoms with Gasteiger partial charge >= 0.3 is 0 Å². The van der Waals surface area contributed by atoms with Gasteiger partial charge in [0.25, 0.3) is 0 Å². The van der Waals surface area contributed by atoms with Crippen molar-refractivity contribution < 1.29 is 4.74 Å². The van der Waals surface area contributed by atoms with E-state index in [0.717, 1.165) is 6.61 Å². The van der Waals surface area contributed by atoms with E-state index in [-0.39, 0.29) is 0 Å². The van der Waals surface area contributed by atoms with E-state index in [0.29, 0.717) is 23.4 Å². The Morgan fingerprint density at radius 2 is 1.81 bits per heavy atom. The van der Waals surface area contributed by atoms with Gasteiger partial charge < -0.3 is 4.74 Å². The number of rotatable bonds is 4. The summed E-state index contributed by atoms with van der Waals surface area (Å²) in [7, 11) is 0. The van der Waals surface area contributed by atoms with Gasteiger partial charge in [0.15, 0.2) is 0 Å². The molecule has 1 nitrogen and oxygen atoms in total. The van der Waals surface area contributed by atoms with E-state index in [1.807, 2.05) is 0 Å². The van der Waals surface area contributed by atoms with Crippen LogP contribution in [0.3, 0.4) is 0 Å². The van der Waals surface area contributed by atoms with Gasteiger partial charge in [-0.05, 0) is 11.5 Å². The highest BCUT2D eigenvalue weighted by atomic mass is 16.5. The number of ether oxygens (including phenoxy) is 1. The van der Waals surface area contributed by atoms with Crippen LogP contribution in [0.5, 0.6) is 0 Å². The minimum atomic E-state index is 0.302. The molecule has 0 saturated heterocycles. The second kappa shape index (κ2) is 4.21. The monoisotopic (exact) mass is 218 g/mol. The summed E-state index contributed by atoms with van der Waals surface area (Å²) in [5.41, 5.74) is 1.72. The zero-order valence-corrected chi connectivity index (χ0v) is 10.7. The molecule has 1 fully saturated rings. The Bertz CT molecular complexity index is 340. The summed E-state index contributed by atoms with van der Waals surface area (Å²) in [4.78, 5) is 0. The fraction of sp³-hybridized carbons (Fsp3) is 0.600. The maximum Gasteiger partial charge on any atom is 0.0707 e. The molecule has 16 heavy (non-hydrogen) atoms. The van der Waals surface area contributed by atoms with Crippen LogP contribution in [-0.4, -0.2) is 12.7 Å².